The zero-order valence-corrected chi connectivity index (χ0v) is 7.62. The molecule has 72 valence electrons. The van der Waals surface area contributed by atoms with Gasteiger partial charge in [0, 0.05) is 12.5 Å². The van der Waals surface area contributed by atoms with Crippen molar-refractivity contribution in [3.05, 3.63) is 28.3 Å². The van der Waals surface area contributed by atoms with Gasteiger partial charge in [-0.05, 0) is 0 Å². The monoisotopic (exact) mass is 184 g/mol. The standard InChI is InChI=1S/C9H13NO3/c1-2-3-7(10)8-4-6(11)5-9(12)13-8/h4-5,7,11H,2-3,10H2,1H3/p+1/t7-/m1/s1. The van der Waals surface area contributed by atoms with E-state index < -0.39 is 5.63 Å². The lowest BCUT2D eigenvalue weighted by atomic mass is 10.1. The first-order chi connectivity index (χ1) is 6.13. The Morgan fingerprint density at radius 1 is 1.62 bits per heavy atom. The van der Waals surface area contributed by atoms with E-state index in [1.54, 1.807) is 0 Å². The molecule has 0 aliphatic carbocycles. The van der Waals surface area contributed by atoms with E-state index in [-0.39, 0.29) is 11.8 Å². The van der Waals surface area contributed by atoms with E-state index in [0.717, 1.165) is 18.9 Å². The summed E-state index contributed by atoms with van der Waals surface area (Å²) < 4.78 is 4.89. The molecule has 4 heteroatoms. The zero-order valence-electron chi connectivity index (χ0n) is 7.62. The van der Waals surface area contributed by atoms with E-state index in [4.69, 9.17) is 9.52 Å². The minimum Gasteiger partial charge on any atom is -0.508 e. The summed E-state index contributed by atoms with van der Waals surface area (Å²) in [5.41, 5.74) is 3.31. The average molecular weight is 184 g/mol. The molecule has 13 heavy (non-hydrogen) atoms. The summed E-state index contributed by atoms with van der Waals surface area (Å²) in [6.07, 6.45) is 1.81. The van der Waals surface area contributed by atoms with Crippen LogP contribution in [0.2, 0.25) is 0 Å². The van der Waals surface area contributed by atoms with Crippen LogP contribution in [0.15, 0.2) is 21.3 Å². The highest BCUT2D eigenvalue weighted by atomic mass is 16.4. The van der Waals surface area contributed by atoms with Crippen LogP contribution < -0.4 is 11.4 Å². The molecule has 0 aliphatic rings. The number of hydrogen-bond donors (Lipinski definition) is 2. The predicted molar refractivity (Wildman–Crippen MR) is 47.2 cm³/mol. The Bertz CT molecular complexity index is 332. The molecule has 0 amide bonds. The fourth-order valence-electron chi connectivity index (χ4n) is 1.18. The molecule has 0 saturated carbocycles. The molecule has 0 aromatic carbocycles. The molecule has 0 radical (unpaired) electrons. The van der Waals surface area contributed by atoms with Crippen molar-refractivity contribution in [2.75, 3.05) is 0 Å². The lowest BCUT2D eigenvalue weighted by Gasteiger charge is -2.04. The van der Waals surface area contributed by atoms with Crippen LogP contribution in [0.4, 0.5) is 0 Å². The van der Waals surface area contributed by atoms with Crippen molar-refractivity contribution < 1.29 is 15.3 Å². The zero-order chi connectivity index (χ0) is 9.84. The Morgan fingerprint density at radius 2 is 2.31 bits per heavy atom. The van der Waals surface area contributed by atoms with Gasteiger partial charge >= 0.3 is 5.63 Å². The second-order valence-electron chi connectivity index (χ2n) is 3.02. The average Bonchev–Trinajstić information content (AvgIpc) is 2.03. The van der Waals surface area contributed by atoms with Crippen LogP contribution in [0.1, 0.15) is 31.6 Å². The van der Waals surface area contributed by atoms with Gasteiger partial charge in [0.15, 0.2) is 5.76 Å². The largest absolute Gasteiger partial charge is 0.508 e. The number of hydrogen-bond acceptors (Lipinski definition) is 3. The maximum Gasteiger partial charge on any atom is 0.339 e. The predicted octanol–water partition coefficient (Wildman–Crippen LogP) is 0.428. The van der Waals surface area contributed by atoms with Gasteiger partial charge in [-0.1, -0.05) is 13.3 Å². The Balaban J connectivity index is 2.94. The number of rotatable bonds is 3. The van der Waals surface area contributed by atoms with Gasteiger partial charge in [-0.25, -0.2) is 4.79 Å². The summed E-state index contributed by atoms with van der Waals surface area (Å²) >= 11 is 0. The Kier molecular flexibility index (Phi) is 3.08. The molecule has 1 aromatic rings. The van der Waals surface area contributed by atoms with Crippen LogP contribution in [-0.2, 0) is 0 Å². The molecular formula is C9H14NO3+. The van der Waals surface area contributed by atoms with Crippen molar-refractivity contribution in [1.29, 1.82) is 0 Å². The van der Waals surface area contributed by atoms with E-state index in [2.05, 4.69) is 5.73 Å². The van der Waals surface area contributed by atoms with Crippen LogP contribution >= 0.6 is 0 Å². The van der Waals surface area contributed by atoms with E-state index in [0.29, 0.717) is 5.76 Å². The second kappa shape index (κ2) is 4.09. The van der Waals surface area contributed by atoms with Crippen LogP contribution in [0.25, 0.3) is 0 Å². The van der Waals surface area contributed by atoms with E-state index in [1.807, 2.05) is 6.92 Å². The van der Waals surface area contributed by atoms with Crippen molar-refractivity contribution in [1.82, 2.24) is 0 Å². The van der Waals surface area contributed by atoms with Gasteiger partial charge in [0.2, 0.25) is 0 Å². The van der Waals surface area contributed by atoms with Gasteiger partial charge in [-0.3, -0.25) is 0 Å². The summed E-state index contributed by atoms with van der Waals surface area (Å²) in [4.78, 5) is 10.9. The van der Waals surface area contributed by atoms with E-state index >= 15 is 0 Å². The minimum absolute atomic E-state index is 0.0593. The maximum atomic E-state index is 10.9. The molecule has 0 bridgehead atoms. The Morgan fingerprint density at radius 3 is 2.85 bits per heavy atom. The van der Waals surface area contributed by atoms with Crippen molar-refractivity contribution in [2.45, 2.75) is 25.8 Å². The third-order valence-corrected chi connectivity index (χ3v) is 1.81. The van der Waals surface area contributed by atoms with Crippen LogP contribution in [0.5, 0.6) is 5.75 Å². The molecule has 1 atom stereocenters. The van der Waals surface area contributed by atoms with Gasteiger partial charge in [-0.2, -0.15) is 0 Å². The highest BCUT2D eigenvalue weighted by Crippen LogP contribution is 2.15. The molecule has 0 saturated heterocycles. The van der Waals surface area contributed by atoms with Crippen molar-refractivity contribution in [3.63, 3.8) is 0 Å². The first-order valence-corrected chi connectivity index (χ1v) is 4.30. The minimum atomic E-state index is -0.528. The molecule has 4 N–H and O–H groups in total. The molecule has 0 fully saturated rings. The number of quaternary nitrogens is 1. The molecule has 1 heterocycles. The summed E-state index contributed by atoms with van der Waals surface area (Å²) in [6.45, 7) is 2.03. The van der Waals surface area contributed by atoms with Crippen LogP contribution in [0, 0.1) is 0 Å². The second-order valence-corrected chi connectivity index (χ2v) is 3.02. The molecule has 0 unspecified atom stereocenters. The fourth-order valence-corrected chi connectivity index (χ4v) is 1.18. The molecular weight excluding hydrogens is 170 g/mol. The lowest BCUT2D eigenvalue weighted by Crippen LogP contribution is -2.53. The molecule has 1 aromatic heterocycles. The van der Waals surface area contributed by atoms with Gasteiger partial charge in [0.1, 0.15) is 11.8 Å². The fraction of sp³-hybridized carbons (Fsp3) is 0.444. The van der Waals surface area contributed by atoms with Gasteiger partial charge in [0.05, 0.1) is 6.07 Å². The van der Waals surface area contributed by atoms with E-state index in [1.165, 1.54) is 6.07 Å². The molecule has 0 spiro atoms. The summed E-state index contributed by atoms with van der Waals surface area (Å²) in [5, 5.41) is 9.12. The highest BCUT2D eigenvalue weighted by molar-refractivity contribution is 5.19. The number of aromatic hydroxyl groups is 1. The normalized spacial score (nSPS) is 12.8. The first-order valence-electron chi connectivity index (χ1n) is 4.30. The smallest absolute Gasteiger partial charge is 0.339 e. The molecule has 4 nitrogen and oxygen atoms in total. The van der Waals surface area contributed by atoms with Crippen molar-refractivity contribution >= 4 is 0 Å². The highest BCUT2D eigenvalue weighted by Gasteiger charge is 2.12. The van der Waals surface area contributed by atoms with Crippen LogP contribution in [-0.4, -0.2) is 5.11 Å². The molecule has 1 rings (SSSR count). The third kappa shape index (κ3) is 2.59. The third-order valence-electron chi connectivity index (χ3n) is 1.81. The van der Waals surface area contributed by atoms with Crippen LogP contribution in [0.3, 0.4) is 0 Å². The maximum absolute atomic E-state index is 10.9. The van der Waals surface area contributed by atoms with E-state index in [9.17, 15) is 4.79 Å². The van der Waals surface area contributed by atoms with Crippen molar-refractivity contribution in [2.24, 2.45) is 0 Å². The molecule has 0 aliphatic heterocycles. The van der Waals surface area contributed by atoms with Gasteiger partial charge < -0.3 is 15.3 Å². The quantitative estimate of drug-likeness (QED) is 0.715. The summed E-state index contributed by atoms with van der Waals surface area (Å²) in [6, 6.07) is 2.42. The summed E-state index contributed by atoms with van der Waals surface area (Å²) in [5.74, 6) is 0.392. The lowest BCUT2D eigenvalue weighted by molar-refractivity contribution is -0.432. The Hall–Kier alpha value is -1.29. The van der Waals surface area contributed by atoms with Crippen molar-refractivity contribution in [3.8, 4) is 5.75 Å². The SMILES string of the molecule is CCC[C@@H]([NH3+])c1cc(O)cc(=O)o1. The summed E-state index contributed by atoms with van der Waals surface area (Å²) in [7, 11) is 0. The van der Waals surface area contributed by atoms with Gasteiger partial charge in [-0.15, -0.1) is 0 Å². The topological polar surface area (TPSA) is 78.1 Å². The first kappa shape index (κ1) is 9.80. The van der Waals surface area contributed by atoms with Gasteiger partial charge in [0.25, 0.3) is 0 Å². The Labute approximate surface area is 76.0 Å².